The molecule has 0 saturated heterocycles. The van der Waals surface area contributed by atoms with Crippen LogP contribution in [0.25, 0.3) is 0 Å². The third kappa shape index (κ3) is 6.48. The maximum absolute atomic E-state index is 11.3. The number of carbonyl (C=O) groups is 1. The minimum atomic E-state index is -0.499. The largest absolute Gasteiger partial charge is 0.494 e. The Labute approximate surface area is 120 Å². The molecule has 1 aromatic carbocycles. The standard InChI is InChI=1S/C15H22ClNO2/c1-3-4-5-10-19-14-8-6-13(7-9-14)11-17-15(18)12(2)16/h6-9,12H,3-5,10-11H2,1-2H3,(H,17,18). The number of hydrogen-bond acceptors (Lipinski definition) is 2. The second-order valence-electron chi connectivity index (χ2n) is 4.53. The Morgan fingerprint density at radius 1 is 1.32 bits per heavy atom. The van der Waals surface area contributed by atoms with E-state index in [0.717, 1.165) is 24.3 Å². The molecule has 0 radical (unpaired) electrons. The van der Waals surface area contributed by atoms with Gasteiger partial charge in [-0.05, 0) is 31.0 Å². The van der Waals surface area contributed by atoms with E-state index in [1.54, 1.807) is 6.92 Å². The molecule has 0 saturated carbocycles. The quantitative estimate of drug-likeness (QED) is 0.586. The number of unbranched alkanes of at least 4 members (excludes halogenated alkanes) is 2. The van der Waals surface area contributed by atoms with Crippen LogP contribution < -0.4 is 10.1 Å². The zero-order chi connectivity index (χ0) is 14.1. The van der Waals surface area contributed by atoms with Crippen molar-refractivity contribution in [3.63, 3.8) is 0 Å². The van der Waals surface area contributed by atoms with E-state index in [4.69, 9.17) is 16.3 Å². The lowest BCUT2D eigenvalue weighted by Crippen LogP contribution is -2.28. The van der Waals surface area contributed by atoms with Gasteiger partial charge >= 0.3 is 0 Å². The summed E-state index contributed by atoms with van der Waals surface area (Å²) in [5.41, 5.74) is 1.03. The van der Waals surface area contributed by atoms with Gasteiger partial charge in [0, 0.05) is 6.54 Å². The van der Waals surface area contributed by atoms with E-state index in [-0.39, 0.29) is 5.91 Å². The lowest BCUT2D eigenvalue weighted by Gasteiger charge is -2.08. The Hall–Kier alpha value is -1.22. The lowest BCUT2D eigenvalue weighted by atomic mass is 10.2. The van der Waals surface area contributed by atoms with Crippen LogP contribution in [0.4, 0.5) is 0 Å². The molecule has 19 heavy (non-hydrogen) atoms. The van der Waals surface area contributed by atoms with Crippen molar-refractivity contribution in [2.75, 3.05) is 6.61 Å². The summed E-state index contributed by atoms with van der Waals surface area (Å²) in [5.74, 6) is 0.721. The van der Waals surface area contributed by atoms with Crippen LogP contribution in [-0.2, 0) is 11.3 Å². The van der Waals surface area contributed by atoms with Crippen molar-refractivity contribution in [1.82, 2.24) is 5.32 Å². The number of ether oxygens (including phenoxy) is 1. The highest BCUT2D eigenvalue weighted by Crippen LogP contribution is 2.13. The topological polar surface area (TPSA) is 38.3 Å². The molecule has 0 bridgehead atoms. The average molecular weight is 284 g/mol. The molecular weight excluding hydrogens is 262 g/mol. The zero-order valence-corrected chi connectivity index (χ0v) is 12.4. The average Bonchev–Trinajstić information content (AvgIpc) is 2.42. The smallest absolute Gasteiger partial charge is 0.238 e. The van der Waals surface area contributed by atoms with Gasteiger partial charge in [-0.3, -0.25) is 4.79 Å². The van der Waals surface area contributed by atoms with Crippen molar-refractivity contribution in [1.29, 1.82) is 0 Å². The van der Waals surface area contributed by atoms with Gasteiger partial charge in [-0.25, -0.2) is 0 Å². The van der Waals surface area contributed by atoms with E-state index in [0.29, 0.717) is 6.54 Å². The minimum Gasteiger partial charge on any atom is -0.494 e. The van der Waals surface area contributed by atoms with Gasteiger partial charge in [-0.2, -0.15) is 0 Å². The van der Waals surface area contributed by atoms with E-state index in [1.807, 2.05) is 24.3 Å². The van der Waals surface area contributed by atoms with Crippen LogP contribution in [0, 0.1) is 0 Å². The van der Waals surface area contributed by atoms with Crippen LogP contribution in [0.3, 0.4) is 0 Å². The molecule has 0 aliphatic rings. The monoisotopic (exact) mass is 283 g/mol. The fourth-order valence-corrected chi connectivity index (χ4v) is 1.65. The Kier molecular flexibility index (Phi) is 7.34. The molecule has 1 aromatic rings. The van der Waals surface area contributed by atoms with Crippen LogP contribution in [0.15, 0.2) is 24.3 Å². The van der Waals surface area contributed by atoms with E-state index < -0.39 is 5.38 Å². The second-order valence-corrected chi connectivity index (χ2v) is 5.19. The van der Waals surface area contributed by atoms with E-state index in [9.17, 15) is 4.79 Å². The van der Waals surface area contributed by atoms with Crippen molar-refractivity contribution in [2.24, 2.45) is 0 Å². The molecule has 1 N–H and O–H groups in total. The molecule has 1 unspecified atom stereocenters. The SMILES string of the molecule is CCCCCOc1ccc(CNC(=O)C(C)Cl)cc1. The first-order valence-electron chi connectivity index (χ1n) is 6.77. The molecule has 0 aromatic heterocycles. The molecular formula is C15H22ClNO2. The summed E-state index contributed by atoms with van der Waals surface area (Å²) in [6.07, 6.45) is 3.48. The summed E-state index contributed by atoms with van der Waals surface area (Å²) in [6, 6.07) is 7.76. The number of hydrogen-bond donors (Lipinski definition) is 1. The van der Waals surface area contributed by atoms with Crippen molar-refractivity contribution in [2.45, 2.75) is 45.0 Å². The molecule has 106 valence electrons. The fraction of sp³-hybridized carbons (Fsp3) is 0.533. The summed E-state index contributed by atoms with van der Waals surface area (Å²) >= 11 is 5.67. The van der Waals surface area contributed by atoms with Crippen molar-refractivity contribution in [3.05, 3.63) is 29.8 Å². The van der Waals surface area contributed by atoms with Crippen molar-refractivity contribution in [3.8, 4) is 5.75 Å². The maximum Gasteiger partial charge on any atom is 0.238 e. The van der Waals surface area contributed by atoms with Gasteiger partial charge in [0.05, 0.1) is 6.61 Å². The van der Waals surface area contributed by atoms with Gasteiger partial charge in [0.2, 0.25) is 5.91 Å². The highest BCUT2D eigenvalue weighted by Gasteiger charge is 2.07. The first-order chi connectivity index (χ1) is 9.13. The van der Waals surface area contributed by atoms with Crippen LogP contribution in [0.2, 0.25) is 0 Å². The molecule has 0 aliphatic heterocycles. The number of nitrogens with one attached hydrogen (secondary N) is 1. The number of amides is 1. The number of benzene rings is 1. The molecule has 0 spiro atoms. The first kappa shape index (κ1) is 15.8. The zero-order valence-electron chi connectivity index (χ0n) is 11.6. The molecule has 1 atom stereocenters. The van der Waals surface area contributed by atoms with Crippen LogP contribution >= 0.6 is 11.6 Å². The van der Waals surface area contributed by atoms with Crippen molar-refractivity contribution >= 4 is 17.5 Å². The van der Waals surface area contributed by atoms with Gasteiger partial charge in [0.25, 0.3) is 0 Å². The van der Waals surface area contributed by atoms with Crippen LogP contribution in [0.1, 0.15) is 38.7 Å². The van der Waals surface area contributed by atoms with E-state index >= 15 is 0 Å². The first-order valence-corrected chi connectivity index (χ1v) is 7.20. The number of alkyl halides is 1. The van der Waals surface area contributed by atoms with Crippen LogP contribution in [-0.4, -0.2) is 17.9 Å². The van der Waals surface area contributed by atoms with Crippen molar-refractivity contribution < 1.29 is 9.53 Å². The van der Waals surface area contributed by atoms with Crippen LogP contribution in [0.5, 0.6) is 5.75 Å². The summed E-state index contributed by atoms with van der Waals surface area (Å²) < 4.78 is 5.62. The normalized spacial score (nSPS) is 11.9. The summed E-state index contributed by atoms with van der Waals surface area (Å²) in [6.45, 7) is 5.08. The Bertz CT molecular complexity index is 376. The van der Waals surface area contributed by atoms with Gasteiger partial charge in [0.1, 0.15) is 11.1 Å². The number of carbonyl (C=O) groups excluding carboxylic acids is 1. The highest BCUT2D eigenvalue weighted by atomic mass is 35.5. The molecule has 0 heterocycles. The highest BCUT2D eigenvalue weighted by molar-refractivity contribution is 6.30. The van der Waals surface area contributed by atoms with Gasteiger partial charge in [-0.15, -0.1) is 11.6 Å². The third-order valence-electron chi connectivity index (χ3n) is 2.77. The second kappa shape index (κ2) is 8.81. The molecule has 4 heteroatoms. The fourth-order valence-electron chi connectivity index (χ4n) is 1.58. The minimum absolute atomic E-state index is 0.151. The molecule has 0 fully saturated rings. The summed E-state index contributed by atoms with van der Waals surface area (Å²) in [7, 11) is 0. The predicted octanol–water partition coefficient (Wildman–Crippen LogP) is 3.50. The Morgan fingerprint density at radius 2 is 2.00 bits per heavy atom. The Morgan fingerprint density at radius 3 is 2.58 bits per heavy atom. The summed E-state index contributed by atoms with van der Waals surface area (Å²) in [5, 5.41) is 2.27. The molecule has 0 aliphatic carbocycles. The number of halogens is 1. The van der Waals surface area contributed by atoms with Gasteiger partial charge in [-0.1, -0.05) is 31.9 Å². The van der Waals surface area contributed by atoms with E-state index in [1.165, 1.54) is 12.8 Å². The maximum atomic E-state index is 11.3. The molecule has 1 rings (SSSR count). The Balaban J connectivity index is 2.33. The lowest BCUT2D eigenvalue weighted by molar-refractivity contribution is -0.120. The summed E-state index contributed by atoms with van der Waals surface area (Å²) in [4.78, 5) is 11.3. The predicted molar refractivity (Wildman–Crippen MR) is 78.6 cm³/mol. The number of rotatable bonds is 8. The third-order valence-corrected chi connectivity index (χ3v) is 2.97. The molecule has 1 amide bonds. The van der Waals surface area contributed by atoms with Gasteiger partial charge < -0.3 is 10.1 Å². The molecule has 3 nitrogen and oxygen atoms in total. The van der Waals surface area contributed by atoms with E-state index in [2.05, 4.69) is 12.2 Å². The van der Waals surface area contributed by atoms with Gasteiger partial charge in [0.15, 0.2) is 0 Å².